The summed E-state index contributed by atoms with van der Waals surface area (Å²) < 4.78 is 5.05. The van der Waals surface area contributed by atoms with Crippen molar-refractivity contribution in [1.82, 2.24) is 0 Å². The highest BCUT2D eigenvalue weighted by Crippen LogP contribution is 2.11. The molecule has 0 aliphatic heterocycles. The third kappa shape index (κ3) is 4.95. The number of allylic oxidation sites excluding steroid dienone is 2. The first-order valence-corrected chi connectivity index (χ1v) is 6.38. The Labute approximate surface area is 122 Å². The molecule has 0 saturated heterocycles. The van der Waals surface area contributed by atoms with Crippen molar-refractivity contribution in [2.75, 3.05) is 0 Å². The molecule has 0 aliphatic carbocycles. The summed E-state index contributed by atoms with van der Waals surface area (Å²) in [6.45, 7) is 0. The van der Waals surface area contributed by atoms with Crippen LogP contribution in [0.3, 0.4) is 0 Å². The number of phenolic OH excluding ortho intramolecular Hbond substituents is 1. The van der Waals surface area contributed by atoms with Crippen molar-refractivity contribution < 1.29 is 19.1 Å². The second-order valence-corrected chi connectivity index (χ2v) is 4.38. The van der Waals surface area contributed by atoms with E-state index in [4.69, 9.17) is 9.52 Å². The number of ketones is 2. The van der Waals surface area contributed by atoms with Gasteiger partial charge in [-0.2, -0.15) is 0 Å². The topological polar surface area (TPSA) is 67.5 Å². The fourth-order valence-electron chi connectivity index (χ4n) is 1.63. The summed E-state index contributed by atoms with van der Waals surface area (Å²) >= 11 is 0. The highest BCUT2D eigenvalue weighted by Gasteiger charge is 2.03. The average Bonchev–Trinajstić information content (AvgIpc) is 2.98. The normalized spacial score (nSPS) is 11.2. The number of phenols is 1. The number of rotatable bonds is 6. The minimum Gasteiger partial charge on any atom is -0.508 e. The Hall–Kier alpha value is -2.88. The Kier molecular flexibility index (Phi) is 4.88. The summed E-state index contributed by atoms with van der Waals surface area (Å²) in [7, 11) is 0. The maximum Gasteiger partial charge on any atom is 0.163 e. The lowest BCUT2D eigenvalue weighted by Gasteiger charge is -1.94. The van der Waals surface area contributed by atoms with Crippen LogP contribution in [-0.4, -0.2) is 16.7 Å². The molecule has 1 heterocycles. The molecule has 21 heavy (non-hydrogen) atoms. The molecule has 0 amide bonds. The number of furan rings is 1. The first-order valence-electron chi connectivity index (χ1n) is 6.38. The van der Waals surface area contributed by atoms with Crippen LogP contribution in [0.4, 0.5) is 0 Å². The van der Waals surface area contributed by atoms with E-state index in [0.717, 1.165) is 5.56 Å². The Morgan fingerprint density at radius 2 is 1.67 bits per heavy atom. The number of hydrogen-bond acceptors (Lipinski definition) is 4. The molecule has 0 fully saturated rings. The van der Waals surface area contributed by atoms with Crippen molar-refractivity contribution in [3.05, 3.63) is 66.1 Å². The van der Waals surface area contributed by atoms with Gasteiger partial charge in [0.2, 0.25) is 0 Å². The van der Waals surface area contributed by atoms with Crippen molar-refractivity contribution >= 4 is 23.7 Å². The molecule has 2 rings (SSSR count). The van der Waals surface area contributed by atoms with Gasteiger partial charge in [0.1, 0.15) is 11.5 Å². The maximum atomic E-state index is 11.6. The van der Waals surface area contributed by atoms with Crippen molar-refractivity contribution in [3.63, 3.8) is 0 Å². The molecule has 1 aromatic heterocycles. The van der Waals surface area contributed by atoms with Crippen molar-refractivity contribution in [2.24, 2.45) is 0 Å². The van der Waals surface area contributed by atoms with Crippen molar-refractivity contribution in [2.45, 2.75) is 6.42 Å². The summed E-state index contributed by atoms with van der Waals surface area (Å²) in [6, 6.07) is 9.85. The summed E-state index contributed by atoms with van der Waals surface area (Å²) in [5.74, 6) is 0.163. The van der Waals surface area contributed by atoms with Crippen LogP contribution in [0.15, 0.2) is 59.2 Å². The van der Waals surface area contributed by atoms with Gasteiger partial charge in [-0.25, -0.2) is 0 Å². The summed E-state index contributed by atoms with van der Waals surface area (Å²) in [5, 5.41) is 9.14. The largest absolute Gasteiger partial charge is 0.508 e. The number of carbonyl (C=O) groups is 2. The van der Waals surface area contributed by atoms with E-state index in [1.807, 2.05) is 0 Å². The molecule has 106 valence electrons. The van der Waals surface area contributed by atoms with Gasteiger partial charge in [-0.3, -0.25) is 9.59 Å². The minimum atomic E-state index is -0.285. The van der Waals surface area contributed by atoms with E-state index < -0.39 is 0 Å². The van der Waals surface area contributed by atoms with E-state index in [9.17, 15) is 9.59 Å². The Morgan fingerprint density at radius 3 is 2.29 bits per heavy atom. The number of aromatic hydroxyl groups is 1. The molecule has 1 N–H and O–H groups in total. The molecular weight excluding hydrogens is 268 g/mol. The highest BCUT2D eigenvalue weighted by atomic mass is 16.3. The summed E-state index contributed by atoms with van der Waals surface area (Å²) in [4.78, 5) is 23.2. The van der Waals surface area contributed by atoms with Gasteiger partial charge in [0.25, 0.3) is 0 Å². The van der Waals surface area contributed by atoms with Gasteiger partial charge in [0.15, 0.2) is 11.6 Å². The fraction of sp³-hybridized carbons (Fsp3) is 0.0588. The predicted molar refractivity (Wildman–Crippen MR) is 79.5 cm³/mol. The second kappa shape index (κ2) is 7.05. The summed E-state index contributed by atoms with van der Waals surface area (Å²) in [6.07, 6.45) is 7.13. The van der Waals surface area contributed by atoms with E-state index >= 15 is 0 Å². The fourth-order valence-corrected chi connectivity index (χ4v) is 1.63. The van der Waals surface area contributed by atoms with E-state index in [1.54, 1.807) is 30.3 Å². The zero-order valence-corrected chi connectivity index (χ0v) is 11.2. The van der Waals surface area contributed by atoms with Gasteiger partial charge >= 0.3 is 0 Å². The molecule has 0 radical (unpaired) electrons. The SMILES string of the molecule is O=C(/C=C/c1ccc(O)cc1)CC(=O)/C=C/c1ccco1. The molecule has 0 unspecified atom stereocenters. The Balaban J connectivity index is 1.86. The standard InChI is InChI=1S/C17H14O4/c18-14-6-3-13(4-7-14)5-8-15(19)12-16(20)9-10-17-2-1-11-21-17/h1-11,18H,12H2/b8-5+,10-9+. The summed E-state index contributed by atoms with van der Waals surface area (Å²) in [5.41, 5.74) is 0.778. The van der Waals surface area contributed by atoms with Gasteiger partial charge < -0.3 is 9.52 Å². The van der Waals surface area contributed by atoms with Crippen LogP contribution in [0.2, 0.25) is 0 Å². The van der Waals surface area contributed by atoms with Gasteiger partial charge in [0.05, 0.1) is 12.7 Å². The van der Waals surface area contributed by atoms with E-state index in [2.05, 4.69) is 0 Å². The van der Waals surface area contributed by atoms with Crippen LogP contribution in [0.1, 0.15) is 17.7 Å². The zero-order valence-electron chi connectivity index (χ0n) is 11.2. The quantitative estimate of drug-likeness (QED) is 0.652. The van der Waals surface area contributed by atoms with Crippen LogP contribution in [0, 0.1) is 0 Å². The Morgan fingerprint density at radius 1 is 1.00 bits per heavy atom. The minimum absolute atomic E-state index is 0.164. The van der Waals surface area contributed by atoms with Crippen LogP contribution in [-0.2, 0) is 9.59 Å². The molecule has 0 saturated carbocycles. The van der Waals surface area contributed by atoms with Crippen LogP contribution in [0.5, 0.6) is 5.75 Å². The number of carbonyl (C=O) groups excluding carboxylic acids is 2. The second-order valence-electron chi connectivity index (χ2n) is 4.38. The van der Waals surface area contributed by atoms with E-state index in [1.165, 1.54) is 36.6 Å². The van der Waals surface area contributed by atoms with Crippen LogP contribution >= 0.6 is 0 Å². The van der Waals surface area contributed by atoms with Gasteiger partial charge in [-0.15, -0.1) is 0 Å². The van der Waals surface area contributed by atoms with Gasteiger partial charge in [-0.05, 0) is 48.1 Å². The predicted octanol–water partition coefficient (Wildman–Crippen LogP) is 3.24. The van der Waals surface area contributed by atoms with Gasteiger partial charge in [0, 0.05) is 0 Å². The molecule has 0 aliphatic rings. The third-order valence-electron chi connectivity index (χ3n) is 2.68. The lowest BCUT2D eigenvalue weighted by molar-refractivity contribution is -0.121. The smallest absolute Gasteiger partial charge is 0.163 e. The molecule has 0 bridgehead atoms. The first kappa shape index (κ1) is 14.5. The maximum absolute atomic E-state index is 11.6. The molecule has 1 aromatic carbocycles. The first-order chi connectivity index (χ1) is 10.1. The molecular formula is C17H14O4. The number of benzene rings is 1. The molecule has 4 nitrogen and oxygen atoms in total. The molecule has 4 heteroatoms. The molecule has 0 spiro atoms. The molecule has 2 aromatic rings. The van der Waals surface area contributed by atoms with E-state index in [0.29, 0.717) is 5.76 Å². The van der Waals surface area contributed by atoms with Crippen molar-refractivity contribution in [3.8, 4) is 5.75 Å². The van der Waals surface area contributed by atoms with Gasteiger partial charge in [-0.1, -0.05) is 18.2 Å². The van der Waals surface area contributed by atoms with E-state index in [-0.39, 0.29) is 23.7 Å². The van der Waals surface area contributed by atoms with Crippen LogP contribution in [0.25, 0.3) is 12.2 Å². The third-order valence-corrected chi connectivity index (χ3v) is 2.68. The van der Waals surface area contributed by atoms with Crippen LogP contribution < -0.4 is 0 Å². The lowest BCUT2D eigenvalue weighted by Crippen LogP contribution is -2.01. The number of hydrogen-bond donors (Lipinski definition) is 1. The highest BCUT2D eigenvalue weighted by molar-refractivity contribution is 6.10. The Bertz CT molecular complexity index is 661. The zero-order chi connectivity index (χ0) is 15.1. The monoisotopic (exact) mass is 282 g/mol. The lowest BCUT2D eigenvalue weighted by atomic mass is 10.1. The molecule has 0 atom stereocenters. The average molecular weight is 282 g/mol. The van der Waals surface area contributed by atoms with Crippen molar-refractivity contribution in [1.29, 1.82) is 0 Å².